The van der Waals surface area contributed by atoms with Crippen LogP contribution in [0.5, 0.6) is 0 Å². The normalized spacial score (nSPS) is 20.9. The van der Waals surface area contributed by atoms with Crippen LogP contribution in [0.1, 0.15) is 18.9 Å². The molecule has 2 atom stereocenters. The second-order valence-electron chi connectivity index (χ2n) is 5.31. The third kappa shape index (κ3) is 4.81. The molecule has 5 nitrogen and oxygen atoms in total. The van der Waals surface area contributed by atoms with E-state index in [2.05, 4.69) is 33.6 Å². The predicted molar refractivity (Wildman–Crippen MR) is 94.9 cm³/mol. The van der Waals surface area contributed by atoms with E-state index in [0.29, 0.717) is 6.04 Å². The first kappa shape index (κ1) is 17.0. The average Bonchev–Trinajstić information content (AvgIpc) is 3.10. The van der Waals surface area contributed by atoms with Gasteiger partial charge in [0.1, 0.15) is 5.82 Å². The van der Waals surface area contributed by atoms with Crippen LogP contribution in [0.15, 0.2) is 23.3 Å². The molecule has 0 aromatic carbocycles. The molecule has 0 saturated heterocycles. The highest BCUT2D eigenvalue weighted by Crippen LogP contribution is 2.28. The average molecular weight is 389 g/mol. The molecule has 1 saturated carbocycles. The number of halogens is 1. The van der Waals surface area contributed by atoms with Crippen LogP contribution in [-0.4, -0.2) is 38.1 Å². The zero-order valence-corrected chi connectivity index (χ0v) is 14.9. The lowest BCUT2D eigenvalue weighted by Crippen LogP contribution is -2.38. The first-order valence-electron chi connectivity index (χ1n) is 6.69. The van der Waals surface area contributed by atoms with E-state index in [9.17, 15) is 0 Å². The van der Waals surface area contributed by atoms with Gasteiger partial charge in [-0.2, -0.15) is 0 Å². The van der Waals surface area contributed by atoms with Crippen molar-refractivity contribution >= 4 is 35.8 Å². The van der Waals surface area contributed by atoms with E-state index < -0.39 is 0 Å². The fraction of sp³-hybridized carbons (Fsp3) is 0.571. The molecule has 1 heterocycles. The van der Waals surface area contributed by atoms with Crippen molar-refractivity contribution in [3.05, 3.63) is 23.9 Å². The van der Waals surface area contributed by atoms with Crippen LogP contribution in [0.4, 0.5) is 5.82 Å². The lowest BCUT2D eigenvalue weighted by molar-refractivity contribution is 0.763. The molecule has 1 aromatic rings. The molecule has 2 N–H and O–H groups in total. The van der Waals surface area contributed by atoms with Crippen molar-refractivity contribution in [2.75, 3.05) is 26.0 Å². The monoisotopic (exact) mass is 389 g/mol. The Morgan fingerprint density at radius 1 is 1.50 bits per heavy atom. The zero-order chi connectivity index (χ0) is 13.8. The highest BCUT2D eigenvalue weighted by molar-refractivity contribution is 14.0. The van der Waals surface area contributed by atoms with Gasteiger partial charge < -0.3 is 15.5 Å². The summed E-state index contributed by atoms with van der Waals surface area (Å²) in [5.41, 5.74) is 1.20. The summed E-state index contributed by atoms with van der Waals surface area (Å²) < 4.78 is 0. The number of anilines is 1. The molecule has 0 amide bonds. The number of guanidine groups is 1. The van der Waals surface area contributed by atoms with Crippen molar-refractivity contribution < 1.29 is 0 Å². The second-order valence-corrected chi connectivity index (χ2v) is 5.31. The summed E-state index contributed by atoms with van der Waals surface area (Å²) in [6.07, 6.45) is 3.08. The molecule has 6 heteroatoms. The molecule has 112 valence electrons. The summed E-state index contributed by atoms with van der Waals surface area (Å²) in [4.78, 5) is 10.6. The van der Waals surface area contributed by atoms with E-state index in [1.165, 1.54) is 12.0 Å². The maximum Gasteiger partial charge on any atom is 0.191 e. The van der Waals surface area contributed by atoms with Gasteiger partial charge in [-0.15, -0.1) is 24.0 Å². The van der Waals surface area contributed by atoms with Crippen molar-refractivity contribution in [1.82, 2.24) is 15.6 Å². The molecule has 0 aliphatic heterocycles. The van der Waals surface area contributed by atoms with E-state index in [4.69, 9.17) is 0 Å². The Kier molecular flexibility index (Phi) is 6.51. The summed E-state index contributed by atoms with van der Waals surface area (Å²) in [7, 11) is 5.79. The van der Waals surface area contributed by atoms with E-state index in [0.717, 1.165) is 24.2 Å². The van der Waals surface area contributed by atoms with Crippen LogP contribution >= 0.6 is 24.0 Å². The summed E-state index contributed by atoms with van der Waals surface area (Å²) in [6.45, 7) is 3.00. The highest BCUT2D eigenvalue weighted by atomic mass is 127. The van der Waals surface area contributed by atoms with Crippen LogP contribution in [-0.2, 0) is 6.54 Å². The van der Waals surface area contributed by atoms with Gasteiger partial charge in [-0.1, -0.05) is 6.92 Å². The Balaban J connectivity index is 0.00000200. The minimum atomic E-state index is 0. The molecule has 1 aliphatic carbocycles. The van der Waals surface area contributed by atoms with E-state index >= 15 is 0 Å². The van der Waals surface area contributed by atoms with Crippen LogP contribution in [0, 0.1) is 5.92 Å². The standard InChI is InChI=1S/C14H23N5.HI/c1-10-7-12(10)18-14(15-2)17-9-11-5-6-16-13(8-11)19(3)4;/h5-6,8,10,12H,7,9H2,1-4H3,(H2,15,17,18);1H. The number of rotatable bonds is 4. The largest absolute Gasteiger partial charge is 0.363 e. The Morgan fingerprint density at radius 2 is 2.20 bits per heavy atom. The lowest BCUT2D eigenvalue weighted by Gasteiger charge is -2.14. The molecule has 0 bridgehead atoms. The zero-order valence-electron chi connectivity index (χ0n) is 12.6. The van der Waals surface area contributed by atoms with Gasteiger partial charge in [0.15, 0.2) is 5.96 Å². The number of hydrogen-bond acceptors (Lipinski definition) is 3. The Bertz CT molecular complexity index is 461. The molecule has 20 heavy (non-hydrogen) atoms. The summed E-state index contributed by atoms with van der Waals surface area (Å²) in [6, 6.07) is 4.69. The lowest BCUT2D eigenvalue weighted by atomic mass is 10.2. The number of hydrogen-bond donors (Lipinski definition) is 2. The van der Waals surface area contributed by atoms with Crippen LogP contribution < -0.4 is 15.5 Å². The minimum absolute atomic E-state index is 0. The van der Waals surface area contributed by atoms with Gasteiger partial charge in [-0.25, -0.2) is 4.98 Å². The summed E-state index contributed by atoms with van der Waals surface area (Å²) >= 11 is 0. The van der Waals surface area contributed by atoms with Gasteiger partial charge in [-0.05, 0) is 30.0 Å². The molecular weight excluding hydrogens is 365 g/mol. The smallest absolute Gasteiger partial charge is 0.191 e. The van der Waals surface area contributed by atoms with Crippen LogP contribution in [0.3, 0.4) is 0 Å². The van der Waals surface area contributed by atoms with Crippen molar-refractivity contribution in [1.29, 1.82) is 0 Å². The molecule has 1 aliphatic rings. The van der Waals surface area contributed by atoms with Gasteiger partial charge in [0.25, 0.3) is 0 Å². The van der Waals surface area contributed by atoms with Crippen LogP contribution in [0.2, 0.25) is 0 Å². The molecule has 1 aromatic heterocycles. The maximum atomic E-state index is 4.31. The van der Waals surface area contributed by atoms with Crippen molar-refractivity contribution in [2.45, 2.75) is 25.9 Å². The number of aliphatic imine (C=N–C) groups is 1. The maximum absolute atomic E-state index is 4.31. The van der Waals surface area contributed by atoms with E-state index in [1.807, 2.05) is 31.3 Å². The molecule has 0 radical (unpaired) electrons. The summed E-state index contributed by atoms with van der Waals surface area (Å²) in [5.74, 6) is 2.61. The van der Waals surface area contributed by atoms with Gasteiger partial charge in [0, 0.05) is 39.9 Å². The highest BCUT2D eigenvalue weighted by Gasteiger charge is 2.33. The molecule has 2 unspecified atom stereocenters. The first-order chi connectivity index (χ1) is 9.10. The van der Waals surface area contributed by atoms with Gasteiger partial charge in [0.2, 0.25) is 0 Å². The van der Waals surface area contributed by atoms with E-state index in [-0.39, 0.29) is 24.0 Å². The van der Waals surface area contributed by atoms with Gasteiger partial charge in [0.05, 0.1) is 0 Å². The van der Waals surface area contributed by atoms with Gasteiger partial charge >= 0.3 is 0 Å². The Hall–Kier alpha value is -1.05. The molecule has 0 spiro atoms. The Morgan fingerprint density at radius 3 is 2.75 bits per heavy atom. The quantitative estimate of drug-likeness (QED) is 0.469. The van der Waals surface area contributed by atoms with Crippen molar-refractivity contribution in [3.8, 4) is 0 Å². The second kappa shape index (κ2) is 7.66. The van der Waals surface area contributed by atoms with Crippen LogP contribution in [0.25, 0.3) is 0 Å². The number of aromatic nitrogens is 1. The fourth-order valence-electron chi connectivity index (χ4n) is 1.89. The molecule has 1 fully saturated rings. The van der Waals surface area contributed by atoms with Crippen molar-refractivity contribution in [2.24, 2.45) is 10.9 Å². The third-order valence-corrected chi connectivity index (χ3v) is 3.38. The number of nitrogens with one attached hydrogen (secondary N) is 2. The predicted octanol–water partition coefficient (Wildman–Crippen LogP) is 1.84. The number of nitrogens with zero attached hydrogens (tertiary/aromatic N) is 3. The summed E-state index contributed by atoms with van der Waals surface area (Å²) in [5, 5.41) is 6.75. The minimum Gasteiger partial charge on any atom is -0.363 e. The molecular formula is C14H24IN5. The van der Waals surface area contributed by atoms with E-state index in [1.54, 1.807) is 7.05 Å². The topological polar surface area (TPSA) is 52.6 Å². The number of pyridine rings is 1. The fourth-order valence-corrected chi connectivity index (χ4v) is 1.89. The first-order valence-corrected chi connectivity index (χ1v) is 6.69. The van der Waals surface area contributed by atoms with Crippen molar-refractivity contribution in [3.63, 3.8) is 0 Å². The Labute approximate surface area is 138 Å². The molecule has 2 rings (SSSR count). The van der Waals surface area contributed by atoms with Gasteiger partial charge in [-0.3, -0.25) is 4.99 Å². The SMILES string of the molecule is CN=C(NCc1ccnc(N(C)C)c1)NC1CC1C.I. The third-order valence-electron chi connectivity index (χ3n) is 3.38.